The van der Waals surface area contributed by atoms with Crippen molar-refractivity contribution in [2.75, 3.05) is 11.9 Å². The standard InChI is InChI=1S/C13H13F3N2O/c1-2-3-11(8-19)18-12-5-4-10(13(14,15)16)6-9(12)7-17/h2,4-6,11,18-19H,1,3,8H2. The Morgan fingerprint density at radius 2 is 2.16 bits per heavy atom. The fourth-order valence-corrected chi connectivity index (χ4v) is 1.54. The SMILES string of the molecule is C=CCC(CO)Nc1ccc(C(F)(F)F)cc1C#N. The summed E-state index contributed by atoms with van der Waals surface area (Å²) in [5.41, 5.74) is -0.729. The highest BCUT2D eigenvalue weighted by atomic mass is 19.4. The summed E-state index contributed by atoms with van der Waals surface area (Å²) < 4.78 is 37.5. The Kier molecular flexibility index (Phi) is 4.95. The molecule has 0 aliphatic carbocycles. The summed E-state index contributed by atoms with van der Waals surface area (Å²) in [6, 6.07) is 4.19. The minimum atomic E-state index is -4.48. The van der Waals surface area contributed by atoms with Crippen molar-refractivity contribution < 1.29 is 18.3 Å². The van der Waals surface area contributed by atoms with Crippen LogP contribution in [0.1, 0.15) is 17.5 Å². The average Bonchev–Trinajstić information content (AvgIpc) is 2.37. The fourth-order valence-electron chi connectivity index (χ4n) is 1.54. The van der Waals surface area contributed by atoms with E-state index < -0.39 is 11.7 Å². The van der Waals surface area contributed by atoms with E-state index in [0.717, 1.165) is 12.1 Å². The molecule has 1 unspecified atom stereocenters. The average molecular weight is 270 g/mol. The number of aliphatic hydroxyl groups excluding tert-OH is 1. The van der Waals surface area contributed by atoms with E-state index in [4.69, 9.17) is 10.4 Å². The number of nitrogens with one attached hydrogen (secondary N) is 1. The van der Waals surface area contributed by atoms with Gasteiger partial charge in [0.15, 0.2) is 0 Å². The van der Waals surface area contributed by atoms with Crippen molar-refractivity contribution in [1.29, 1.82) is 5.26 Å². The molecule has 0 amide bonds. The molecule has 2 N–H and O–H groups in total. The number of rotatable bonds is 5. The van der Waals surface area contributed by atoms with Crippen molar-refractivity contribution in [3.8, 4) is 6.07 Å². The fraction of sp³-hybridized carbons (Fsp3) is 0.308. The lowest BCUT2D eigenvalue weighted by Gasteiger charge is -2.17. The molecule has 0 bridgehead atoms. The topological polar surface area (TPSA) is 56.0 Å². The maximum atomic E-state index is 12.5. The molecule has 0 aromatic heterocycles. The highest BCUT2D eigenvalue weighted by Crippen LogP contribution is 2.31. The number of anilines is 1. The Bertz CT molecular complexity index is 492. The van der Waals surface area contributed by atoms with Gasteiger partial charge in [0.25, 0.3) is 0 Å². The molecular weight excluding hydrogens is 257 g/mol. The van der Waals surface area contributed by atoms with Crippen LogP contribution in [0.3, 0.4) is 0 Å². The van der Waals surface area contributed by atoms with Gasteiger partial charge in [-0.2, -0.15) is 18.4 Å². The second kappa shape index (κ2) is 6.25. The normalized spacial score (nSPS) is 12.6. The predicted octanol–water partition coefficient (Wildman–Crippen LogP) is 2.93. The van der Waals surface area contributed by atoms with E-state index in [1.54, 1.807) is 12.1 Å². The van der Waals surface area contributed by atoms with E-state index in [1.807, 2.05) is 0 Å². The Morgan fingerprint density at radius 1 is 1.47 bits per heavy atom. The van der Waals surface area contributed by atoms with Gasteiger partial charge in [0, 0.05) is 0 Å². The number of aliphatic hydroxyl groups is 1. The molecule has 0 spiro atoms. The molecule has 102 valence electrons. The molecule has 19 heavy (non-hydrogen) atoms. The summed E-state index contributed by atoms with van der Waals surface area (Å²) >= 11 is 0. The van der Waals surface area contributed by atoms with Crippen LogP contribution in [-0.2, 0) is 6.18 Å². The second-order valence-corrected chi connectivity index (χ2v) is 3.92. The minimum absolute atomic E-state index is 0.114. The molecule has 1 aromatic rings. The van der Waals surface area contributed by atoms with Gasteiger partial charge in [-0.15, -0.1) is 6.58 Å². The van der Waals surface area contributed by atoms with Gasteiger partial charge < -0.3 is 10.4 Å². The Balaban J connectivity index is 3.03. The second-order valence-electron chi connectivity index (χ2n) is 3.92. The number of nitriles is 1. The van der Waals surface area contributed by atoms with Crippen molar-refractivity contribution in [3.05, 3.63) is 42.0 Å². The van der Waals surface area contributed by atoms with E-state index in [1.165, 1.54) is 6.07 Å². The smallest absolute Gasteiger partial charge is 0.394 e. The Labute approximate surface area is 109 Å². The number of nitrogens with zero attached hydrogens (tertiary/aromatic N) is 1. The first-order chi connectivity index (χ1) is 8.92. The Morgan fingerprint density at radius 3 is 2.63 bits per heavy atom. The lowest BCUT2D eigenvalue weighted by Crippen LogP contribution is -2.23. The Hall–Kier alpha value is -2.00. The number of benzene rings is 1. The molecule has 0 radical (unpaired) electrons. The number of hydrogen-bond acceptors (Lipinski definition) is 3. The van der Waals surface area contributed by atoms with Crippen LogP contribution in [0.25, 0.3) is 0 Å². The third-order valence-electron chi connectivity index (χ3n) is 2.50. The highest BCUT2D eigenvalue weighted by Gasteiger charge is 2.31. The zero-order valence-electron chi connectivity index (χ0n) is 10.0. The van der Waals surface area contributed by atoms with Crippen molar-refractivity contribution in [2.24, 2.45) is 0 Å². The summed E-state index contributed by atoms with van der Waals surface area (Å²) in [5.74, 6) is 0. The van der Waals surface area contributed by atoms with Crippen LogP contribution in [0.2, 0.25) is 0 Å². The number of alkyl halides is 3. The van der Waals surface area contributed by atoms with Crippen LogP contribution >= 0.6 is 0 Å². The highest BCUT2D eigenvalue weighted by molar-refractivity contribution is 5.59. The van der Waals surface area contributed by atoms with Gasteiger partial charge in [0.2, 0.25) is 0 Å². The molecule has 6 heteroatoms. The summed E-state index contributed by atoms with van der Waals surface area (Å²) in [6.07, 6.45) is -2.48. The maximum absolute atomic E-state index is 12.5. The maximum Gasteiger partial charge on any atom is 0.416 e. The van der Waals surface area contributed by atoms with Crippen LogP contribution < -0.4 is 5.32 Å². The first kappa shape index (κ1) is 15.1. The summed E-state index contributed by atoms with van der Waals surface area (Å²) in [4.78, 5) is 0. The van der Waals surface area contributed by atoms with Crippen LogP contribution in [0.15, 0.2) is 30.9 Å². The lowest BCUT2D eigenvalue weighted by atomic mass is 10.1. The molecule has 0 saturated heterocycles. The van der Waals surface area contributed by atoms with Gasteiger partial charge in [0.05, 0.1) is 29.5 Å². The van der Waals surface area contributed by atoms with Crippen LogP contribution in [0, 0.1) is 11.3 Å². The van der Waals surface area contributed by atoms with Gasteiger partial charge >= 0.3 is 6.18 Å². The van der Waals surface area contributed by atoms with Crippen molar-refractivity contribution in [3.63, 3.8) is 0 Å². The number of hydrogen-bond donors (Lipinski definition) is 2. The third kappa shape index (κ3) is 4.00. The van der Waals surface area contributed by atoms with Gasteiger partial charge in [-0.25, -0.2) is 0 Å². The van der Waals surface area contributed by atoms with Crippen molar-refractivity contribution in [1.82, 2.24) is 0 Å². The summed E-state index contributed by atoms with van der Waals surface area (Å²) in [7, 11) is 0. The zero-order chi connectivity index (χ0) is 14.5. The predicted molar refractivity (Wildman–Crippen MR) is 65.5 cm³/mol. The van der Waals surface area contributed by atoms with E-state index in [-0.39, 0.29) is 23.9 Å². The lowest BCUT2D eigenvalue weighted by molar-refractivity contribution is -0.137. The molecule has 0 heterocycles. The van der Waals surface area contributed by atoms with Gasteiger partial charge in [-0.05, 0) is 24.6 Å². The molecule has 3 nitrogen and oxygen atoms in total. The van der Waals surface area contributed by atoms with Gasteiger partial charge in [0.1, 0.15) is 6.07 Å². The largest absolute Gasteiger partial charge is 0.416 e. The summed E-state index contributed by atoms with van der Waals surface area (Å²) in [5, 5.41) is 20.8. The quantitative estimate of drug-likeness (QED) is 0.809. The molecule has 1 aromatic carbocycles. The minimum Gasteiger partial charge on any atom is -0.394 e. The van der Waals surface area contributed by atoms with Crippen LogP contribution in [0.4, 0.5) is 18.9 Å². The van der Waals surface area contributed by atoms with Crippen molar-refractivity contribution >= 4 is 5.69 Å². The molecular formula is C13H13F3N2O. The number of halogens is 3. The monoisotopic (exact) mass is 270 g/mol. The first-order valence-electron chi connectivity index (χ1n) is 5.52. The van der Waals surface area contributed by atoms with Crippen molar-refractivity contribution in [2.45, 2.75) is 18.6 Å². The third-order valence-corrected chi connectivity index (χ3v) is 2.50. The first-order valence-corrected chi connectivity index (χ1v) is 5.52. The van der Waals surface area contributed by atoms with Gasteiger partial charge in [-0.1, -0.05) is 6.08 Å². The molecule has 0 aliphatic rings. The molecule has 0 aliphatic heterocycles. The molecule has 0 fully saturated rings. The van der Waals surface area contributed by atoms with E-state index in [0.29, 0.717) is 6.42 Å². The zero-order valence-corrected chi connectivity index (χ0v) is 10.0. The van der Waals surface area contributed by atoms with Gasteiger partial charge in [-0.3, -0.25) is 0 Å². The molecule has 1 rings (SSSR count). The van der Waals surface area contributed by atoms with E-state index >= 15 is 0 Å². The van der Waals surface area contributed by atoms with Crippen LogP contribution in [-0.4, -0.2) is 17.8 Å². The summed E-state index contributed by atoms with van der Waals surface area (Å²) in [6.45, 7) is 3.30. The molecule has 0 saturated carbocycles. The van der Waals surface area contributed by atoms with E-state index in [9.17, 15) is 13.2 Å². The van der Waals surface area contributed by atoms with Crippen LogP contribution in [0.5, 0.6) is 0 Å². The van der Waals surface area contributed by atoms with E-state index in [2.05, 4.69) is 11.9 Å². The molecule has 1 atom stereocenters.